The van der Waals surface area contributed by atoms with Crippen molar-refractivity contribution in [2.24, 2.45) is 0 Å². The average Bonchev–Trinajstić information content (AvgIpc) is 2.34. The highest BCUT2D eigenvalue weighted by Crippen LogP contribution is 2.26. The molecular weight excluding hydrogens is 236 g/mol. The van der Waals surface area contributed by atoms with E-state index in [1.807, 2.05) is 0 Å². The van der Waals surface area contributed by atoms with E-state index in [0.717, 1.165) is 0 Å². The van der Waals surface area contributed by atoms with E-state index >= 15 is 0 Å². The van der Waals surface area contributed by atoms with Crippen molar-refractivity contribution in [2.75, 3.05) is 26.4 Å². The van der Waals surface area contributed by atoms with Crippen molar-refractivity contribution in [2.45, 2.75) is 30.2 Å². The summed E-state index contributed by atoms with van der Waals surface area (Å²) in [6.07, 6.45) is -5.36. The van der Waals surface area contributed by atoms with Gasteiger partial charge in [0.2, 0.25) is 5.79 Å². The number of aliphatic hydroxyl groups is 6. The molecule has 102 valence electrons. The number of hydrogen-bond acceptors (Lipinski definition) is 8. The van der Waals surface area contributed by atoms with Gasteiger partial charge in [-0.05, 0) is 0 Å². The van der Waals surface area contributed by atoms with Crippen LogP contribution in [-0.4, -0.2) is 87.3 Å². The van der Waals surface area contributed by atoms with Gasteiger partial charge in [0.1, 0.15) is 31.0 Å². The van der Waals surface area contributed by atoms with Crippen molar-refractivity contribution in [3.8, 4) is 0 Å². The molecule has 1 aliphatic rings. The van der Waals surface area contributed by atoms with Crippen molar-refractivity contribution < 1.29 is 40.1 Å². The van der Waals surface area contributed by atoms with Gasteiger partial charge in [-0.3, -0.25) is 0 Å². The second-order valence-corrected chi connectivity index (χ2v) is 3.92. The molecule has 0 bridgehead atoms. The molecule has 0 unspecified atom stereocenters. The Morgan fingerprint density at radius 2 is 1.82 bits per heavy atom. The molecule has 0 amide bonds. The first-order valence-corrected chi connectivity index (χ1v) is 5.19. The van der Waals surface area contributed by atoms with Crippen LogP contribution >= 0.6 is 0 Å². The van der Waals surface area contributed by atoms with Crippen LogP contribution < -0.4 is 0 Å². The van der Waals surface area contributed by atoms with Gasteiger partial charge < -0.3 is 40.1 Å². The smallest absolute Gasteiger partial charge is 0.219 e. The summed E-state index contributed by atoms with van der Waals surface area (Å²) in [7, 11) is 0. The van der Waals surface area contributed by atoms with Crippen LogP contribution in [-0.2, 0) is 9.47 Å². The highest BCUT2D eigenvalue weighted by atomic mass is 16.7. The minimum Gasteiger partial charge on any atom is -0.394 e. The van der Waals surface area contributed by atoms with Crippen LogP contribution in [0.25, 0.3) is 0 Å². The molecule has 4 atom stereocenters. The van der Waals surface area contributed by atoms with Crippen LogP contribution in [0.5, 0.6) is 0 Å². The number of aliphatic hydroxyl groups excluding tert-OH is 5. The molecule has 0 spiro atoms. The van der Waals surface area contributed by atoms with Gasteiger partial charge in [0.15, 0.2) is 0 Å². The Morgan fingerprint density at radius 3 is 2.29 bits per heavy atom. The lowest BCUT2D eigenvalue weighted by Gasteiger charge is -2.43. The lowest BCUT2D eigenvalue weighted by molar-refractivity contribution is -0.352. The van der Waals surface area contributed by atoms with Crippen LogP contribution in [0.4, 0.5) is 0 Å². The fourth-order valence-corrected chi connectivity index (χ4v) is 1.57. The zero-order chi connectivity index (χ0) is 13.1. The maximum atomic E-state index is 9.90. The third-order valence-electron chi connectivity index (χ3n) is 2.63. The van der Waals surface area contributed by atoms with Crippen LogP contribution in [0.1, 0.15) is 0 Å². The highest BCUT2D eigenvalue weighted by molar-refractivity contribution is 4.92. The minimum absolute atomic E-state index is 0.493. The molecule has 1 heterocycles. The SMILES string of the molecule is OCC(CO)O[C@@]1(O)CO[C@H](CO)[C@@H](O)[C@@H]1O. The van der Waals surface area contributed by atoms with Crippen molar-refractivity contribution in [1.29, 1.82) is 0 Å². The zero-order valence-corrected chi connectivity index (χ0v) is 9.14. The second kappa shape index (κ2) is 6.03. The maximum absolute atomic E-state index is 9.90. The molecule has 0 saturated carbocycles. The molecule has 6 N–H and O–H groups in total. The normalized spacial score (nSPS) is 38.6. The minimum atomic E-state index is -2.23. The van der Waals surface area contributed by atoms with E-state index in [9.17, 15) is 15.3 Å². The second-order valence-electron chi connectivity index (χ2n) is 3.92. The summed E-state index contributed by atoms with van der Waals surface area (Å²) in [5, 5.41) is 55.5. The first-order chi connectivity index (χ1) is 7.98. The molecule has 1 fully saturated rings. The van der Waals surface area contributed by atoms with Gasteiger partial charge in [0, 0.05) is 0 Å². The van der Waals surface area contributed by atoms with E-state index in [1.165, 1.54) is 0 Å². The molecule has 0 aromatic carbocycles. The molecule has 1 saturated heterocycles. The molecule has 8 nitrogen and oxygen atoms in total. The average molecular weight is 254 g/mol. The maximum Gasteiger partial charge on any atom is 0.219 e. The summed E-state index contributed by atoms with van der Waals surface area (Å²) < 4.78 is 9.81. The third-order valence-corrected chi connectivity index (χ3v) is 2.63. The number of hydrogen-bond donors (Lipinski definition) is 6. The summed E-state index contributed by atoms with van der Waals surface area (Å²) in [5.41, 5.74) is 0. The van der Waals surface area contributed by atoms with Gasteiger partial charge in [0.05, 0.1) is 19.8 Å². The zero-order valence-electron chi connectivity index (χ0n) is 9.14. The Morgan fingerprint density at radius 1 is 1.24 bits per heavy atom. The van der Waals surface area contributed by atoms with Crippen molar-refractivity contribution in [1.82, 2.24) is 0 Å². The predicted octanol–water partition coefficient (Wildman–Crippen LogP) is -3.84. The van der Waals surface area contributed by atoms with E-state index in [2.05, 4.69) is 0 Å². The van der Waals surface area contributed by atoms with Crippen LogP contribution in [0.2, 0.25) is 0 Å². The van der Waals surface area contributed by atoms with Crippen LogP contribution in [0.15, 0.2) is 0 Å². The Bertz CT molecular complexity index is 233. The van der Waals surface area contributed by atoms with E-state index in [0.29, 0.717) is 0 Å². The van der Waals surface area contributed by atoms with Gasteiger partial charge >= 0.3 is 0 Å². The molecule has 0 radical (unpaired) electrons. The quantitative estimate of drug-likeness (QED) is 0.274. The monoisotopic (exact) mass is 254 g/mol. The molecule has 8 heteroatoms. The summed E-state index contributed by atoms with van der Waals surface area (Å²) in [6, 6.07) is 0. The summed E-state index contributed by atoms with van der Waals surface area (Å²) in [6.45, 7) is -2.14. The lowest BCUT2D eigenvalue weighted by Crippen LogP contribution is -2.64. The Labute approximate surface area is 97.6 Å². The summed E-state index contributed by atoms with van der Waals surface area (Å²) in [5.74, 6) is -2.23. The number of ether oxygens (including phenoxy) is 2. The fraction of sp³-hybridized carbons (Fsp3) is 1.00. The first-order valence-electron chi connectivity index (χ1n) is 5.19. The molecule has 17 heavy (non-hydrogen) atoms. The predicted molar refractivity (Wildman–Crippen MR) is 52.8 cm³/mol. The van der Waals surface area contributed by atoms with Gasteiger partial charge in [-0.1, -0.05) is 0 Å². The van der Waals surface area contributed by atoms with Gasteiger partial charge in [0.25, 0.3) is 0 Å². The van der Waals surface area contributed by atoms with Crippen molar-refractivity contribution in [3.63, 3.8) is 0 Å². The molecular formula is C9H18O8. The molecule has 0 aliphatic carbocycles. The molecule has 0 aromatic rings. The standard InChI is InChI=1S/C9H18O8/c10-1-5(2-11)17-9(15)4-16-6(3-12)7(13)8(9)14/h5-8,10-15H,1-4H2/t6-,7-,8+,9+/m1/s1. The first kappa shape index (κ1) is 14.7. The fourth-order valence-electron chi connectivity index (χ4n) is 1.57. The Kier molecular flexibility index (Phi) is 5.22. The van der Waals surface area contributed by atoms with Gasteiger partial charge in [-0.15, -0.1) is 0 Å². The van der Waals surface area contributed by atoms with Gasteiger partial charge in [-0.25, -0.2) is 0 Å². The lowest BCUT2D eigenvalue weighted by atomic mass is 9.97. The van der Waals surface area contributed by atoms with E-state index in [4.69, 9.17) is 24.8 Å². The summed E-state index contributed by atoms with van der Waals surface area (Å²) in [4.78, 5) is 0. The number of rotatable bonds is 5. The Hall–Kier alpha value is -0.320. The van der Waals surface area contributed by atoms with Crippen molar-refractivity contribution in [3.05, 3.63) is 0 Å². The van der Waals surface area contributed by atoms with Crippen LogP contribution in [0, 0.1) is 0 Å². The van der Waals surface area contributed by atoms with E-state index < -0.39 is 56.6 Å². The van der Waals surface area contributed by atoms with Crippen LogP contribution in [0.3, 0.4) is 0 Å². The van der Waals surface area contributed by atoms with E-state index in [-0.39, 0.29) is 0 Å². The largest absolute Gasteiger partial charge is 0.394 e. The topological polar surface area (TPSA) is 140 Å². The van der Waals surface area contributed by atoms with E-state index in [1.54, 1.807) is 0 Å². The molecule has 1 aliphatic heterocycles. The molecule has 0 aromatic heterocycles. The van der Waals surface area contributed by atoms with Gasteiger partial charge in [-0.2, -0.15) is 0 Å². The Balaban J connectivity index is 2.69. The third kappa shape index (κ3) is 3.12. The molecule has 1 rings (SSSR count). The summed E-state index contributed by atoms with van der Waals surface area (Å²) >= 11 is 0. The van der Waals surface area contributed by atoms with Crippen molar-refractivity contribution >= 4 is 0 Å². The highest BCUT2D eigenvalue weighted by Gasteiger charge is 2.50.